The van der Waals surface area contributed by atoms with E-state index in [9.17, 15) is 14.0 Å². The molecule has 0 spiro atoms. The van der Waals surface area contributed by atoms with Gasteiger partial charge in [-0.15, -0.1) is 21.5 Å². The minimum Gasteiger partial charge on any atom is -0.483 e. The molecule has 0 aliphatic carbocycles. The molecule has 0 aliphatic heterocycles. The monoisotopic (exact) mass is 492 g/mol. The fourth-order valence-electron chi connectivity index (χ4n) is 3.28. The Morgan fingerprint density at radius 1 is 1.27 bits per heavy atom. The van der Waals surface area contributed by atoms with Crippen molar-refractivity contribution in [1.29, 1.82) is 0 Å². The molecule has 2 aromatic heterocycles. The van der Waals surface area contributed by atoms with Crippen LogP contribution in [0, 0.1) is 12.7 Å². The number of hydrogen-bond donors (Lipinski definition) is 1. The predicted molar refractivity (Wildman–Crippen MR) is 126 cm³/mol. The zero-order valence-electron chi connectivity index (χ0n) is 19.0. The number of esters is 1. The molecule has 1 unspecified atom stereocenters. The maximum absolute atomic E-state index is 13.1. The second-order valence-corrected chi connectivity index (χ2v) is 9.30. The van der Waals surface area contributed by atoms with Crippen molar-refractivity contribution in [2.24, 2.45) is 7.05 Å². The van der Waals surface area contributed by atoms with E-state index in [-0.39, 0.29) is 17.5 Å². The maximum Gasteiger partial charge on any atom is 0.341 e. The second kappa shape index (κ2) is 10.8. The number of nitrogens with zero attached hydrogens (tertiary/aromatic N) is 3. The normalized spacial score (nSPS) is 11.8. The number of benzene rings is 1. The van der Waals surface area contributed by atoms with Crippen LogP contribution >= 0.6 is 23.1 Å². The number of thiophene rings is 1. The third-order valence-electron chi connectivity index (χ3n) is 4.90. The van der Waals surface area contributed by atoms with E-state index in [2.05, 4.69) is 15.5 Å². The first-order valence-electron chi connectivity index (χ1n) is 10.2. The Morgan fingerprint density at radius 3 is 2.61 bits per heavy atom. The Balaban J connectivity index is 1.64. The molecule has 0 saturated carbocycles. The molecular weight excluding hydrogens is 467 g/mol. The number of aromatic nitrogens is 3. The molecule has 8 nitrogen and oxygen atoms in total. The van der Waals surface area contributed by atoms with E-state index in [0.717, 1.165) is 10.4 Å². The van der Waals surface area contributed by atoms with Gasteiger partial charge in [-0.1, -0.05) is 18.7 Å². The molecule has 0 bridgehead atoms. The zero-order valence-corrected chi connectivity index (χ0v) is 20.6. The SMILES string of the molecule is CCc1c(C)sc(NC(=O)CSc2nnc(C(C)Oc3ccc(F)cc3)n2C)c1C(=O)OC. The van der Waals surface area contributed by atoms with Crippen molar-refractivity contribution in [3.63, 3.8) is 0 Å². The van der Waals surface area contributed by atoms with E-state index < -0.39 is 12.1 Å². The molecule has 1 amide bonds. The Hall–Kier alpha value is -2.92. The van der Waals surface area contributed by atoms with Crippen LogP contribution in [0.2, 0.25) is 0 Å². The number of rotatable bonds is 9. The van der Waals surface area contributed by atoms with Crippen LogP contribution in [-0.4, -0.2) is 39.5 Å². The highest BCUT2D eigenvalue weighted by molar-refractivity contribution is 7.99. The molecular formula is C22H25FN4O4S2. The largest absolute Gasteiger partial charge is 0.483 e. The molecule has 0 saturated heterocycles. The number of amides is 1. The van der Waals surface area contributed by atoms with Crippen LogP contribution in [0.1, 0.15) is 46.6 Å². The second-order valence-electron chi connectivity index (χ2n) is 7.14. The number of ether oxygens (including phenoxy) is 2. The fourth-order valence-corrected chi connectivity index (χ4v) is 5.15. The topological polar surface area (TPSA) is 95.3 Å². The van der Waals surface area contributed by atoms with Gasteiger partial charge in [0.2, 0.25) is 5.91 Å². The fraction of sp³-hybridized carbons (Fsp3) is 0.364. The highest BCUT2D eigenvalue weighted by Gasteiger charge is 2.23. The molecule has 1 aromatic carbocycles. The smallest absolute Gasteiger partial charge is 0.341 e. The number of nitrogens with one attached hydrogen (secondary N) is 1. The third-order valence-corrected chi connectivity index (χ3v) is 6.98. The van der Waals surface area contributed by atoms with Crippen LogP contribution in [0.25, 0.3) is 0 Å². The molecule has 3 aromatic rings. The van der Waals surface area contributed by atoms with Gasteiger partial charge in [-0.25, -0.2) is 9.18 Å². The number of aryl methyl sites for hydroxylation is 1. The van der Waals surface area contributed by atoms with Gasteiger partial charge in [0.05, 0.1) is 18.4 Å². The average molecular weight is 493 g/mol. The summed E-state index contributed by atoms with van der Waals surface area (Å²) in [6.07, 6.45) is 0.234. The number of methoxy groups -OCH3 is 1. The molecule has 1 N–H and O–H groups in total. The van der Waals surface area contributed by atoms with Gasteiger partial charge in [-0.2, -0.15) is 0 Å². The number of carbonyl (C=O) groups is 2. The van der Waals surface area contributed by atoms with Crippen molar-refractivity contribution in [2.45, 2.75) is 38.5 Å². The Bertz CT molecular complexity index is 1140. The standard InChI is InChI=1S/C22H25FN4O4S2/c1-6-16-13(3)33-20(18(16)21(29)30-5)24-17(28)11-32-22-26-25-19(27(22)4)12(2)31-15-9-7-14(23)8-10-15/h7-10,12H,6,11H2,1-5H3,(H,24,28). The highest BCUT2D eigenvalue weighted by Crippen LogP contribution is 2.34. The van der Waals surface area contributed by atoms with Gasteiger partial charge >= 0.3 is 5.97 Å². The van der Waals surface area contributed by atoms with Crippen molar-refractivity contribution in [2.75, 3.05) is 18.2 Å². The van der Waals surface area contributed by atoms with Crippen molar-refractivity contribution in [3.05, 3.63) is 51.9 Å². The molecule has 1 atom stereocenters. The molecule has 33 heavy (non-hydrogen) atoms. The van der Waals surface area contributed by atoms with Crippen molar-refractivity contribution in [1.82, 2.24) is 14.8 Å². The lowest BCUT2D eigenvalue weighted by Crippen LogP contribution is -2.16. The van der Waals surface area contributed by atoms with Gasteiger partial charge in [0.25, 0.3) is 0 Å². The summed E-state index contributed by atoms with van der Waals surface area (Å²) in [5.41, 5.74) is 1.29. The number of anilines is 1. The summed E-state index contributed by atoms with van der Waals surface area (Å²) in [5, 5.41) is 12.2. The zero-order chi connectivity index (χ0) is 24.1. The third kappa shape index (κ3) is 5.72. The first-order valence-corrected chi connectivity index (χ1v) is 12.0. The van der Waals surface area contributed by atoms with Gasteiger partial charge < -0.3 is 19.4 Å². The molecule has 2 heterocycles. The van der Waals surface area contributed by atoms with Crippen LogP contribution in [0.5, 0.6) is 5.75 Å². The van der Waals surface area contributed by atoms with Gasteiger partial charge in [-0.05, 0) is 50.1 Å². The lowest BCUT2D eigenvalue weighted by atomic mass is 10.1. The van der Waals surface area contributed by atoms with E-state index in [1.165, 1.54) is 42.3 Å². The van der Waals surface area contributed by atoms with Crippen molar-refractivity contribution in [3.8, 4) is 5.75 Å². The van der Waals surface area contributed by atoms with E-state index in [1.807, 2.05) is 20.8 Å². The number of halogens is 1. The summed E-state index contributed by atoms with van der Waals surface area (Å²) >= 11 is 2.58. The van der Waals surface area contributed by atoms with Gasteiger partial charge in [-0.3, -0.25) is 4.79 Å². The minimum absolute atomic E-state index is 0.0815. The number of thioether (sulfide) groups is 1. The average Bonchev–Trinajstić information content (AvgIpc) is 3.31. The Morgan fingerprint density at radius 2 is 1.97 bits per heavy atom. The van der Waals surface area contributed by atoms with Crippen molar-refractivity contribution >= 4 is 40.0 Å². The van der Waals surface area contributed by atoms with Gasteiger partial charge in [0.15, 0.2) is 17.1 Å². The van der Waals surface area contributed by atoms with Crippen LogP contribution < -0.4 is 10.1 Å². The summed E-state index contributed by atoms with van der Waals surface area (Å²) in [6, 6.07) is 5.73. The summed E-state index contributed by atoms with van der Waals surface area (Å²) in [7, 11) is 3.11. The van der Waals surface area contributed by atoms with E-state index in [1.54, 1.807) is 23.7 Å². The predicted octanol–water partition coefficient (Wildman–Crippen LogP) is 4.54. The molecule has 0 aliphatic rings. The van der Waals surface area contributed by atoms with Crippen molar-refractivity contribution < 1.29 is 23.5 Å². The number of carbonyl (C=O) groups excluding carboxylic acids is 2. The quantitative estimate of drug-likeness (QED) is 0.346. The lowest BCUT2D eigenvalue weighted by Gasteiger charge is -2.14. The van der Waals surface area contributed by atoms with E-state index in [4.69, 9.17) is 9.47 Å². The molecule has 11 heteroatoms. The molecule has 3 rings (SSSR count). The Kier molecular flexibility index (Phi) is 8.09. The number of hydrogen-bond acceptors (Lipinski definition) is 8. The highest BCUT2D eigenvalue weighted by atomic mass is 32.2. The van der Waals surface area contributed by atoms with E-state index in [0.29, 0.717) is 33.7 Å². The van der Waals surface area contributed by atoms with Crippen LogP contribution in [0.15, 0.2) is 29.4 Å². The summed E-state index contributed by atoms with van der Waals surface area (Å²) in [4.78, 5) is 25.8. The van der Waals surface area contributed by atoms with Crippen LogP contribution in [-0.2, 0) is 23.0 Å². The molecule has 176 valence electrons. The summed E-state index contributed by atoms with van der Waals surface area (Å²) in [6.45, 7) is 5.68. The molecule has 0 radical (unpaired) electrons. The van der Waals surface area contributed by atoms with Gasteiger partial charge in [0.1, 0.15) is 16.6 Å². The van der Waals surface area contributed by atoms with Crippen LogP contribution in [0.3, 0.4) is 0 Å². The first-order chi connectivity index (χ1) is 15.7. The first kappa shape index (κ1) is 24.7. The van der Waals surface area contributed by atoms with E-state index >= 15 is 0 Å². The molecule has 0 fully saturated rings. The van der Waals surface area contributed by atoms with Crippen LogP contribution in [0.4, 0.5) is 9.39 Å². The maximum atomic E-state index is 13.1. The lowest BCUT2D eigenvalue weighted by molar-refractivity contribution is -0.113. The van der Waals surface area contributed by atoms with Gasteiger partial charge in [0, 0.05) is 11.9 Å². The summed E-state index contributed by atoms with van der Waals surface area (Å²) in [5.74, 6) is 0.0868. The summed E-state index contributed by atoms with van der Waals surface area (Å²) < 4.78 is 25.5. The Labute approximate surface area is 199 Å². The minimum atomic E-state index is -0.466.